The molecule has 0 aromatic heterocycles. The first-order valence-corrected chi connectivity index (χ1v) is 16.4. The number of nitrogens with one attached hydrogen (secondary N) is 1. The fourth-order valence-corrected chi connectivity index (χ4v) is 8.91. The van der Waals surface area contributed by atoms with Crippen molar-refractivity contribution in [3.05, 3.63) is 23.8 Å². The lowest BCUT2D eigenvalue weighted by Gasteiger charge is -2.62. The van der Waals surface area contributed by atoms with E-state index in [1.54, 1.807) is 47.6 Å². The molecule has 262 valence electrons. The van der Waals surface area contributed by atoms with Gasteiger partial charge in [0, 0.05) is 23.3 Å². The number of rotatable bonds is 9. The lowest BCUT2D eigenvalue weighted by molar-refractivity contribution is -0.246. The van der Waals surface area contributed by atoms with Crippen LogP contribution < -0.4 is 5.32 Å². The van der Waals surface area contributed by atoms with E-state index in [2.05, 4.69) is 5.32 Å². The average molecular weight is 666 g/mol. The number of fused-ring (bicyclic) bond motifs is 7. The van der Waals surface area contributed by atoms with Crippen LogP contribution in [-0.4, -0.2) is 96.8 Å². The maximum absolute atomic E-state index is 17.5. The van der Waals surface area contributed by atoms with Crippen LogP contribution in [-0.2, 0) is 38.0 Å². The van der Waals surface area contributed by atoms with Gasteiger partial charge in [-0.05, 0) is 85.3 Å². The van der Waals surface area contributed by atoms with E-state index in [4.69, 9.17) is 28.4 Å². The molecule has 0 spiro atoms. The normalized spacial score (nSPS) is 38.3. The monoisotopic (exact) mass is 665 g/mol. The highest BCUT2D eigenvalue weighted by Crippen LogP contribution is 2.72. The van der Waals surface area contributed by atoms with E-state index in [0.717, 1.165) is 0 Å². The van der Waals surface area contributed by atoms with Crippen molar-refractivity contribution < 1.29 is 57.1 Å². The first-order chi connectivity index (χ1) is 21.8. The molecule has 1 heterocycles. The summed E-state index contributed by atoms with van der Waals surface area (Å²) in [4.78, 5) is 50.3. The van der Waals surface area contributed by atoms with Crippen LogP contribution in [0, 0.1) is 22.7 Å². The minimum absolute atomic E-state index is 0.0272. The number of alkyl carbamates (subject to hydrolysis) is 1. The molecular weight excluding hydrogens is 617 g/mol. The Morgan fingerprint density at radius 2 is 1.81 bits per heavy atom. The number of ether oxygens (including phenoxy) is 6. The van der Waals surface area contributed by atoms with Gasteiger partial charge in [-0.3, -0.25) is 9.59 Å². The first-order valence-electron chi connectivity index (χ1n) is 16.4. The van der Waals surface area contributed by atoms with Crippen molar-refractivity contribution >= 4 is 23.8 Å². The van der Waals surface area contributed by atoms with Crippen LogP contribution in [0.15, 0.2) is 23.8 Å². The van der Waals surface area contributed by atoms with Crippen LogP contribution in [0.4, 0.5) is 14.0 Å². The molecular formula is C34H48FNO11. The third-order valence-corrected chi connectivity index (χ3v) is 10.7. The number of hydrogen-bond acceptors (Lipinski definition) is 11. The summed E-state index contributed by atoms with van der Waals surface area (Å²) in [7, 11) is 0. The summed E-state index contributed by atoms with van der Waals surface area (Å²) < 4.78 is 51.0. The van der Waals surface area contributed by atoms with E-state index < -0.39 is 82.2 Å². The van der Waals surface area contributed by atoms with E-state index in [9.17, 15) is 24.3 Å². The van der Waals surface area contributed by atoms with Crippen molar-refractivity contribution in [3.63, 3.8) is 0 Å². The van der Waals surface area contributed by atoms with Crippen LogP contribution in [0.2, 0.25) is 0 Å². The van der Waals surface area contributed by atoms with Gasteiger partial charge >= 0.3 is 12.2 Å². The lowest BCUT2D eigenvalue weighted by atomic mass is 9.44. The Balaban J connectivity index is 1.21. The number of hydrogen-bond donors (Lipinski definition) is 2. The number of halogens is 1. The first kappa shape index (κ1) is 35.4. The Bertz CT molecular complexity index is 1360. The van der Waals surface area contributed by atoms with Gasteiger partial charge in [0.2, 0.25) is 5.78 Å². The standard InChI is InChI=1S/C34H48FNO11/c1-29(2,3)46-27(40)36-12-13-42-14-15-43-28(41)44-19-25(39)34-26(45-30(4,5)47-34)17-23-22-9-8-20-16-21(37)10-11-31(20,6)33(22,35)24(38)18-32(23,34)7/h10-11,16,22-24,26,38H,8-9,12-15,17-19H2,1-7H3,(H,36,40)/t22-,23-,24-,26+,31-,32-,33-,34+/m0/s1. The van der Waals surface area contributed by atoms with Crippen molar-refractivity contribution in [2.75, 3.05) is 33.0 Å². The van der Waals surface area contributed by atoms with Gasteiger partial charge in [-0.15, -0.1) is 0 Å². The quantitative estimate of drug-likeness (QED) is 0.270. The van der Waals surface area contributed by atoms with Crippen molar-refractivity contribution in [1.29, 1.82) is 0 Å². The largest absolute Gasteiger partial charge is 0.508 e. The molecule has 47 heavy (non-hydrogen) atoms. The lowest BCUT2D eigenvalue weighted by Crippen LogP contribution is -2.70. The zero-order valence-electron chi connectivity index (χ0n) is 28.3. The van der Waals surface area contributed by atoms with E-state index in [0.29, 0.717) is 24.8 Å². The average Bonchev–Trinajstić information content (AvgIpc) is 3.37. The van der Waals surface area contributed by atoms with Crippen molar-refractivity contribution in [3.8, 4) is 0 Å². The molecule has 4 aliphatic carbocycles. The maximum Gasteiger partial charge on any atom is 0.508 e. The van der Waals surface area contributed by atoms with Crippen LogP contribution in [0.3, 0.4) is 0 Å². The molecule has 1 amide bonds. The van der Waals surface area contributed by atoms with E-state index in [-0.39, 0.29) is 38.6 Å². The molecule has 13 heteroatoms. The van der Waals surface area contributed by atoms with Gasteiger partial charge in [0.1, 0.15) is 12.2 Å². The van der Waals surface area contributed by atoms with Gasteiger partial charge in [0.15, 0.2) is 29.4 Å². The molecule has 2 N–H and O–H groups in total. The molecule has 3 saturated carbocycles. The van der Waals surface area contributed by atoms with E-state index in [1.165, 1.54) is 12.2 Å². The number of allylic oxidation sites excluding steroid dienone is 4. The smallest absolute Gasteiger partial charge is 0.444 e. The topological polar surface area (TPSA) is 156 Å². The summed E-state index contributed by atoms with van der Waals surface area (Å²) in [5.74, 6) is -2.95. The highest BCUT2D eigenvalue weighted by Gasteiger charge is 2.80. The van der Waals surface area contributed by atoms with Gasteiger partial charge in [0.25, 0.3) is 0 Å². The second kappa shape index (κ2) is 12.2. The van der Waals surface area contributed by atoms with Crippen molar-refractivity contribution in [2.45, 2.75) is 109 Å². The SMILES string of the molecule is CC(C)(C)OC(=O)NCCOCCOC(=O)OCC(=O)[C@@]12OC(C)(C)O[C@@H]1C[C@H]1[C@@H]3CCC4=CC(=O)C=C[C@]4(C)[C@@]3(F)[C@@H](O)C[C@@]12C. The number of alkyl halides is 1. The zero-order chi connectivity index (χ0) is 34.6. The minimum Gasteiger partial charge on any atom is -0.444 e. The minimum atomic E-state index is -2.08. The Hall–Kier alpha value is -2.87. The fraction of sp³-hybridized carbons (Fsp3) is 0.765. The molecule has 0 bridgehead atoms. The van der Waals surface area contributed by atoms with Crippen LogP contribution in [0.25, 0.3) is 0 Å². The number of carbonyl (C=O) groups is 4. The van der Waals surface area contributed by atoms with Gasteiger partial charge in [-0.2, -0.15) is 0 Å². The molecule has 0 radical (unpaired) electrons. The predicted octanol–water partition coefficient (Wildman–Crippen LogP) is 4.12. The molecule has 1 aliphatic heterocycles. The Labute approximate surface area is 274 Å². The van der Waals surface area contributed by atoms with Gasteiger partial charge in [0.05, 0.1) is 25.4 Å². The van der Waals surface area contributed by atoms with Gasteiger partial charge < -0.3 is 38.8 Å². The summed E-state index contributed by atoms with van der Waals surface area (Å²) in [5.41, 5.74) is -5.86. The predicted molar refractivity (Wildman–Crippen MR) is 164 cm³/mol. The van der Waals surface area contributed by atoms with E-state index in [1.807, 2.05) is 6.92 Å². The number of aliphatic hydroxyl groups is 1. The van der Waals surface area contributed by atoms with Crippen molar-refractivity contribution in [1.82, 2.24) is 5.32 Å². The third kappa shape index (κ3) is 6.02. The summed E-state index contributed by atoms with van der Waals surface area (Å²) in [6, 6.07) is 0. The Morgan fingerprint density at radius 1 is 1.09 bits per heavy atom. The number of carbonyl (C=O) groups excluding carboxylic acids is 4. The fourth-order valence-electron chi connectivity index (χ4n) is 8.91. The highest BCUT2D eigenvalue weighted by atomic mass is 19.1. The molecule has 1 saturated heterocycles. The van der Waals surface area contributed by atoms with Gasteiger partial charge in [-0.1, -0.05) is 18.6 Å². The highest BCUT2D eigenvalue weighted by molar-refractivity contribution is 6.01. The number of amides is 1. The number of Topliss-reactive ketones (excluding diaryl/α,β-unsaturated/α-hetero) is 1. The zero-order valence-corrected chi connectivity index (χ0v) is 28.3. The molecule has 5 rings (SSSR count). The van der Waals surface area contributed by atoms with Crippen molar-refractivity contribution in [2.24, 2.45) is 22.7 Å². The molecule has 0 aromatic rings. The number of aliphatic hydroxyl groups excluding tert-OH is 1. The summed E-state index contributed by atoms with van der Waals surface area (Å²) in [6.45, 7) is 11.8. The summed E-state index contributed by atoms with van der Waals surface area (Å²) in [5, 5.41) is 14.2. The van der Waals surface area contributed by atoms with Crippen LogP contribution >= 0.6 is 0 Å². The third-order valence-electron chi connectivity index (χ3n) is 10.7. The van der Waals surface area contributed by atoms with Gasteiger partial charge in [-0.25, -0.2) is 14.0 Å². The molecule has 8 atom stereocenters. The van der Waals surface area contributed by atoms with Crippen LogP contribution in [0.5, 0.6) is 0 Å². The maximum atomic E-state index is 17.5. The molecule has 12 nitrogen and oxygen atoms in total. The summed E-state index contributed by atoms with van der Waals surface area (Å²) in [6.07, 6.45) is 1.64. The van der Waals surface area contributed by atoms with Crippen LogP contribution in [0.1, 0.15) is 74.1 Å². The second-order valence-corrected chi connectivity index (χ2v) is 15.2. The molecule has 5 aliphatic rings. The number of ketones is 2. The van der Waals surface area contributed by atoms with E-state index >= 15 is 4.39 Å². The summed E-state index contributed by atoms with van der Waals surface area (Å²) >= 11 is 0. The second-order valence-electron chi connectivity index (χ2n) is 15.2. The molecule has 0 aromatic carbocycles. The molecule has 0 unspecified atom stereocenters. The Kier molecular flexibility index (Phi) is 9.22. The Morgan fingerprint density at radius 3 is 2.51 bits per heavy atom. The molecule has 4 fully saturated rings.